The van der Waals surface area contributed by atoms with Crippen molar-refractivity contribution in [3.8, 4) is 11.1 Å². The Kier molecular flexibility index (Phi) is 6.30. The van der Waals surface area contributed by atoms with E-state index in [2.05, 4.69) is 44.0 Å². The summed E-state index contributed by atoms with van der Waals surface area (Å²) >= 11 is 0. The third-order valence-corrected chi connectivity index (χ3v) is 5.73. The molecule has 0 aliphatic carbocycles. The molecular formula is C25H33N3O2. The van der Waals surface area contributed by atoms with Crippen molar-refractivity contribution in [1.82, 2.24) is 14.8 Å². The van der Waals surface area contributed by atoms with Gasteiger partial charge in [0.1, 0.15) is 0 Å². The highest BCUT2D eigenvalue weighted by molar-refractivity contribution is 5.85. The zero-order valence-corrected chi connectivity index (χ0v) is 18.8. The molecule has 2 heterocycles. The van der Waals surface area contributed by atoms with Gasteiger partial charge in [-0.15, -0.1) is 0 Å². The Morgan fingerprint density at radius 3 is 2.43 bits per heavy atom. The molecule has 2 aromatic rings. The lowest BCUT2D eigenvalue weighted by Gasteiger charge is -2.31. The van der Waals surface area contributed by atoms with Crippen LogP contribution in [-0.4, -0.2) is 53.8 Å². The number of nitrogens with zero attached hydrogens (tertiary/aromatic N) is 3. The third kappa shape index (κ3) is 5.07. The van der Waals surface area contributed by atoms with Gasteiger partial charge in [-0.25, -0.2) is 0 Å². The zero-order valence-electron chi connectivity index (χ0n) is 18.8. The lowest BCUT2D eigenvalue weighted by atomic mass is 9.79. The van der Waals surface area contributed by atoms with Crippen LogP contribution in [0.4, 0.5) is 0 Å². The predicted octanol–water partition coefficient (Wildman–Crippen LogP) is 4.03. The minimum Gasteiger partial charge on any atom is -0.348 e. The van der Waals surface area contributed by atoms with Gasteiger partial charge < -0.3 is 9.80 Å². The smallest absolute Gasteiger partial charge is 0.230 e. The lowest BCUT2D eigenvalue weighted by molar-refractivity contribution is -0.140. The lowest BCUT2D eigenvalue weighted by Crippen LogP contribution is -2.45. The molecule has 1 atom stereocenters. The van der Waals surface area contributed by atoms with Crippen LogP contribution in [0.5, 0.6) is 0 Å². The summed E-state index contributed by atoms with van der Waals surface area (Å²) in [6.07, 6.45) is 5.39. The predicted molar refractivity (Wildman–Crippen MR) is 120 cm³/mol. The van der Waals surface area contributed by atoms with E-state index in [1.807, 2.05) is 23.1 Å². The average molecular weight is 408 g/mol. The van der Waals surface area contributed by atoms with Crippen LogP contribution in [0.2, 0.25) is 0 Å². The fourth-order valence-corrected chi connectivity index (χ4v) is 4.32. The number of benzene rings is 1. The van der Waals surface area contributed by atoms with Gasteiger partial charge in [-0.05, 0) is 47.1 Å². The summed E-state index contributed by atoms with van der Waals surface area (Å²) in [4.78, 5) is 33.7. The number of aromatic nitrogens is 1. The van der Waals surface area contributed by atoms with E-state index < -0.39 is 5.41 Å². The fraction of sp³-hybridized carbons (Fsp3) is 0.480. The summed E-state index contributed by atoms with van der Waals surface area (Å²) in [6, 6.07) is 12.3. The molecule has 2 amide bonds. The second-order valence-corrected chi connectivity index (χ2v) is 9.90. The number of carbonyl (C=O) groups is 2. The van der Waals surface area contributed by atoms with E-state index in [1.54, 1.807) is 31.4 Å². The Hall–Kier alpha value is -2.69. The van der Waals surface area contributed by atoms with Crippen LogP contribution in [0.25, 0.3) is 11.1 Å². The molecule has 5 heteroatoms. The maximum absolute atomic E-state index is 13.3. The first-order valence-electron chi connectivity index (χ1n) is 10.6. The van der Waals surface area contributed by atoms with Gasteiger partial charge >= 0.3 is 0 Å². The van der Waals surface area contributed by atoms with Crippen LogP contribution >= 0.6 is 0 Å². The average Bonchev–Trinajstić information content (AvgIpc) is 3.12. The van der Waals surface area contributed by atoms with Crippen LogP contribution in [0.15, 0.2) is 48.8 Å². The topological polar surface area (TPSA) is 53.5 Å². The van der Waals surface area contributed by atoms with E-state index >= 15 is 0 Å². The van der Waals surface area contributed by atoms with Gasteiger partial charge in [-0.3, -0.25) is 14.6 Å². The Morgan fingerprint density at radius 1 is 1.10 bits per heavy atom. The monoisotopic (exact) mass is 407 g/mol. The molecule has 1 aromatic heterocycles. The normalized spacial score (nSPS) is 19.0. The highest BCUT2D eigenvalue weighted by Crippen LogP contribution is 2.37. The SMILES string of the molecule is CN(C)C(=O)C1(Cc2cccc(-c3ccncc3)c2)CCN(C(=O)CC(C)(C)C)C1. The molecule has 0 N–H and O–H groups in total. The first-order chi connectivity index (χ1) is 14.1. The number of carbonyl (C=O) groups excluding carboxylic acids is 2. The second kappa shape index (κ2) is 8.58. The minimum absolute atomic E-state index is 0.0627. The van der Waals surface area contributed by atoms with Crippen molar-refractivity contribution in [1.29, 1.82) is 0 Å². The summed E-state index contributed by atoms with van der Waals surface area (Å²) in [5, 5.41) is 0. The molecule has 0 spiro atoms. The number of hydrogen-bond acceptors (Lipinski definition) is 3. The Balaban J connectivity index is 1.86. The maximum Gasteiger partial charge on any atom is 0.230 e. The van der Waals surface area contributed by atoms with Crippen molar-refractivity contribution in [2.45, 2.75) is 40.0 Å². The molecule has 0 radical (unpaired) electrons. The highest BCUT2D eigenvalue weighted by Gasteiger charge is 2.46. The van der Waals surface area contributed by atoms with Crippen molar-refractivity contribution in [3.63, 3.8) is 0 Å². The Bertz CT molecular complexity index is 902. The number of amides is 2. The number of hydrogen-bond donors (Lipinski definition) is 0. The molecule has 1 aliphatic heterocycles. The Labute approximate surface area is 180 Å². The molecule has 1 fully saturated rings. The summed E-state index contributed by atoms with van der Waals surface area (Å²) < 4.78 is 0. The van der Waals surface area contributed by atoms with Crippen LogP contribution in [0.1, 0.15) is 39.2 Å². The third-order valence-electron chi connectivity index (χ3n) is 5.73. The van der Waals surface area contributed by atoms with Crippen molar-refractivity contribution < 1.29 is 9.59 Å². The van der Waals surface area contributed by atoms with Crippen molar-refractivity contribution in [3.05, 3.63) is 54.4 Å². The quantitative estimate of drug-likeness (QED) is 0.752. The molecule has 1 aromatic carbocycles. The van der Waals surface area contributed by atoms with Gasteiger partial charge in [0.2, 0.25) is 11.8 Å². The summed E-state index contributed by atoms with van der Waals surface area (Å²) in [7, 11) is 3.61. The van der Waals surface area contributed by atoms with Gasteiger partial charge in [-0.1, -0.05) is 45.0 Å². The van der Waals surface area contributed by atoms with Crippen LogP contribution in [-0.2, 0) is 16.0 Å². The van der Waals surface area contributed by atoms with Crippen molar-refractivity contribution in [2.75, 3.05) is 27.2 Å². The largest absolute Gasteiger partial charge is 0.348 e. The van der Waals surface area contributed by atoms with E-state index in [0.717, 1.165) is 16.7 Å². The molecule has 1 unspecified atom stereocenters. The maximum atomic E-state index is 13.3. The fourth-order valence-electron chi connectivity index (χ4n) is 4.32. The summed E-state index contributed by atoms with van der Waals surface area (Å²) in [5.41, 5.74) is 2.69. The molecule has 160 valence electrons. The molecule has 1 saturated heterocycles. The van der Waals surface area contributed by atoms with E-state index in [4.69, 9.17) is 0 Å². The molecular weight excluding hydrogens is 374 g/mol. The van der Waals surface area contributed by atoms with Crippen LogP contribution in [0, 0.1) is 10.8 Å². The number of rotatable bonds is 5. The summed E-state index contributed by atoms with van der Waals surface area (Å²) in [6.45, 7) is 7.34. The molecule has 1 aliphatic rings. The standard InChI is InChI=1S/C25H33N3O2/c1-24(2,3)17-22(29)28-14-11-25(18-28,23(30)27(4)5)16-19-7-6-8-21(15-19)20-9-12-26-13-10-20/h6-10,12-13,15H,11,14,16-18H2,1-5H3. The number of pyridine rings is 1. The van der Waals surface area contributed by atoms with Gasteiger partial charge in [0.25, 0.3) is 0 Å². The molecule has 5 nitrogen and oxygen atoms in total. The van der Waals surface area contributed by atoms with Crippen molar-refractivity contribution >= 4 is 11.8 Å². The minimum atomic E-state index is -0.575. The Morgan fingerprint density at radius 2 is 1.80 bits per heavy atom. The van der Waals surface area contributed by atoms with Gasteiger partial charge in [0.05, 0.1) is 5.41 Å². The number of likely N-dealkylation sites (tertiary alicyclic amines) is 1. The first kappa shape index (κ1) is 22.0. The van der Waals surface area contributed by atoms with E-state index in [-0.39, 0.29) is 17.2 Å². The van der Waals surface area contributed by atoms with Crippen LogP contribution < -0.4 is 0 Å². The molecule has 0 bridgehead atoms. The van der Waals surface area contributed by atoms with Gasteiger partial charge in [0.15, 0.2) is 0 Å². The van der Waals surface area contributed by atoms with E-state index in [9.17, 15) is 9.59 Å². The zero-order chi connectivity index (χ0) is 21.9. The van der Waals surface area contributed by atoms with Crippen LogP contribution in [0.3, 0.4) is 0 Å². The molecule has 30 heavy (non-hydrogen) atoms. The second-order valence-electron chi connectivity index (χ2n) is 9.90. The van der Waals surface area contributed by atoms with E-state index in [0.29, 0.717) is 32.4 Å². The summed E-state index contributed by atoms with van der Waals surface area (Å²) in [5.74, 6) is 0.240. The highest BCUT2D eigenvalue weighted by atomic mass is 16.2. The molecule has 3 rings (SSSR count). The first-order valence-corrected chi connectivity index (χ1v) is 10.6. The van der Waals surface area contributed by atoms with Crippen molar-refractivity contribution in [2.24, 2.45) is 10.8 Å². The van der Waals surface area contributed by atoms with Gasteiger partial charge in [0, 0.05) is 46.0 Å². The molecule has 0 saturated carbocycles. The van der Waals surface area contributed by atoms with E-state index in [1.165, 1.54) is 0 Å². The van der Waals surface area contributed by atoms with Gasteiger partial charge in [-0.2, -0.15) is 0 Å².